The van der Waals surface area contributed by atoms with Gasteiger partial charge in [0.1, 0.15) is 0 Å². The highest BCUT2D eigenvalue weighted by Gasteiger charge is 2.36. The molecule has 9 nitrogen and oxygen atoms in total. The van der Waals surface area contributed by atoms with E-state index in [1.54, 1.807) is 0 Å². The molecule has 0 heterocycles. The first-order valence-corrected chi connectivity index (χ1v) is 5.53. The minimum atomic E-state index is -4.28. The van der Waals surface area contributed by atoms with Crippen LogP contribution in [0.1, 0.15) is 0 Å². The van der Waals surface area contributed by atoms with Crippen molar-refractivity contribution in [3.8, 4) is 0 Å². The molecule has 0 aromatic rings. The standard InChI is InChI=1S/C6H11NO8S/c7-1-2-16(13,14)15-4(6(11)12)3(8)5(9)10/h3-4,8H,1-2,7H2,(H,9,10)(H,11,12). The van der Waals surface area contributed by atoms with E-state index in [-0.39, 0.29) is 6.54 Å². The molecule has 0 aliphatic rings. The number of aliphatic hydroxyl groups is 1. The Labute approximate surface area is 90.6 Å². The third-order valence-corrected chi connectivity index (χ3v) is 2.64. The van der Waals surface area contributed by atoms with Gasteiger partial charge in [0.15, 0.2) is 6.10 Å². The van der Waals surface area contributed by atoms with Gasteiger partial charge in [-0.3, -0.25) is 4.18 Å². The highest BCUT2D eigenvalue weighted by molar-refractivity contribution is 7.86. The van der Waals surface area contributed by atoms with Gasteiger partial charge < -0.3 is 21.1 Å². The van der Waals surface area contributed by atoms with Crippen LogP contribution >= 0.6 is 0 Å². The number of nitrogens with two attached hydrogens (primary N) is 1. The minimum absolute atomic E-state index is 0.322. The van der Waals surface area contributed by atoms with Crippen LogP contribution < -0.4 is 5.73 Å². The summed E-state index contributed by atoms with van der Waals surface area (Å²) in [5, 5.41) is 25.7. The van der Waals surface area contributed by atoms with Crippen LogP contribution in [-0.4, -0.2) is 60.2 Å². The Morgan fingerprint density at radius 2 is 1.75 bits per heavy atom. The smallest absolute Gasteiger partial charge is 0.337 e. The van der Waals surface area contributed by atoms with Gasteiger partial charge in [0, 0.05) is 6.54 Å². The predicted molar refractivity (Wildman–Crippen MR) is 49.0 cm³/mol. The molecule has 94 valence electrons. The Morgan fingerprint density at radius 3 is 2.06 bits per heavy atom. The number of hydrogen-bond donors (Lipinski definition) is 4. The Bertz CT molecular complexity index is 363. The molecule has 2 unspecified atom stereocenters. The molecule has 0 aromatic heterocycles. The lowest BCUT2D eigenvalue weighted by molar-refractivity contribution is -0.163. The third-order valence-electron chi connectivity index (χ3n) is 1.40. The Morgan fingerprint density at radius 1 is 1.25 bits per heavy atom. The van der Waals surface area contributed by atoms with E-state index in [9.17, 15) is 18.0 Å². The van der Waals surface area contributed by atoms with Crippen molar-refractivity contribution in [1.82, 2.24) is 0 Å². The Hall–Kier alpha value is -1.23. The fraction of sp³-hybridized carbons (Fsp3) is 0.667. The van der Waals surface area contributed by atoms with Crippen molar-refractivity contribution in [2.24, 2.45) is 5.73 Å². The molecule has 16 heavy (non-hydrogen) atoms. The number of carboxylic acids is 2. The average molecular weight is 257 g/mol. The van der Waals surface area contributed by atoms with Crippen molar-refractivity contribution in [1.29, 1.82) is 0 Å². The number of rotatable bonds is 7. The summed E-state index contributed by atoms with van der Waals surface area (Å²) in [6, 6.07) is 0. The highest BCUT2D eigenvalue weighted by Crippen LogP contribution is 2.06. The molecule has 0 bridgehead atoms. The van der Waals surface area contributed by atoms with Gasteiger partial charge in [-0.2, -0.15) is 8.42 Å². The molecular weight excluding hydrogens is 246 g/mol. The van der Waals surface area contributed by atoms with Gasteiger partial charge in [0.05, 0.1) is 5.75 Å². The predicted octanol–water partition coefficient (Wildman–Crippen LogP) is -2.81. The lowest BCUT2D eigenvalue weighted by Crippen LogP contribution is -2.43. The number of hydrogen-bond acceptors (Lipinski definition) is 7. The number of aliphatic hydroxyl groups excluding tert-OH is 1. The second-order valence-electron chi connectivity index (χ2n) is 2.69. The summed E-state index contributed by atoms with van der Waals surface area (Å²) in [7, 11) is -4.28. The van der Waals surface area contributed by atoms with E-state index in [4.69, 9.17) is 21.1 Å². The van der Waals surface area contributed by atoms with Gasteiger partial charge in [0.25, 0.3) is 10.1 Å². The van der Waals surface area contributed by atoms with Crippen molar-refractivity contribution in [3.63, 3.8) is 0 Å². The largest absolute Gasteiger partial charge is 0.479 e. The number of carbonyl (C=O) groups is 2. The molecule has 0 spiro atoms. The zero-order chi connectivity index (χ0) is 12.9. The minimum Gasteiger partial charge on any atom is -0.479 e. The van der Waals surface area contributed by atoms with Crippen molar-refractivity contribution >= 4 is 22.1 Å². The van der Waals surface area contributed by atoms with E-state index in [1.165, 1.54) is 0 Å². The third kappa shape index (κ3) is 4.53. The molecule has 2 atom stereocenters. The molecule has 0 fully saturated rings. The van der Waals surface area contributed by atoms with Crippen LogP contribution in [0.15, 0.2) is 0 Å². The van der Waals surface area contributed by atoms with E-state index in [2.05, 4.69) is 4.18 Å². The summed E-state index contributed by atoms with van der Waals surface area (Å²) in [4.78, 5) is 20.8. The topological polar surface area (TPSA) is 164 Å². The van der Waals surface area contributed by atoms with Gasteiger partial charge in [0.2, 0.25) is 6.10 Å². The van der Waals surface area contributed by atoms with Crippen LogP contribution in [0.5, 0.6) is 0 Å². The van der Waals surface area contributed by atoms with Crippen molar-refractivity contribution in [2.75, 3.05) is 12.3 Å². The second kappa shape index (κ2) is 5.75. The van der Waals surface area contributed by atoms with Gasteiger partial charge >= 0.3 is 11.9 Å². The van der Waals surface area contributed by atoms with Crippen LogP contribution in [0.4, 0.5) is 0 Å². The monoisotopic (exact) mass is 257 g/mol. The van der Waals surface area contributed by atoms with Crippen LogP contribution in [0.3, 0.4) is 0 Å². The zero-order valence-electron chi connectivity index (χ0n) is 7.94. The molecule has 0 saturated heterocycles. The Balaban J connectivity index is 4.84. The summed E-state index contributed by atoms with van der Waals surface area (Å²) in [5.41, 5.74) is 4.92. The quantitative estimate of drug-likeness (QED) is 0.352. The maximum absolute atomic E-state index is 11.0. The lowest BCUT2D eigenvalue weighted by atomic mass is 10.2. The molecule has 0 radical (unpaired) electrons. The summed E-state index contributed by atoms with van der Waals surface area (Å²) in [6.45, 7) is -0.322. The fourth-order valence-corrected chi connectivity index (χ4v) is 1.60. The first kappa shape index (κ1) is 14.8. The molecule has 0 aliphatic carbocycles. The number of aliphatic carboxylic acids is 2. The molecule has 0 aromatic carbocycles. The first-order valence-electron chi connectivity index (χ1n) is 3.96. The molecule has 10 heteroatoms. The van der Waals surface area contributed by atoms with Crippen molar-refractivity contribution in [2.45, 2.75) is 12.2 Å². The van der Waals surface area contributed by atoms with Gasteiger partial charge in [-0.15, -0.1) is 0 Å². The highest BCUT2D eigenvalue weighted by atomic mass is 32.2. The molecule has 0 saturated carbocycles. The van der Waals surface area contributed by atoms with Crippen molar-refractivity contribution < 1.29 is 37.5 Å². The van der Waals surface area contributed by atoms with Crippen LogP contribution in [0.25, 0.3) is 0 Å². The van der Waals surface area contributed by atoms with E-state index >= 15 is 0 Å². The summed E-state index contributed by atoms with van der Waals surface area (Å²) in [5.74, 6) is -4.49. The van der Waals surface area contributed by atoms with E-state index < -0.39 is 40.0 Å². The summed E-state index contributed by atoms with van der Waals surface area (Å²) < 4.78 is 26.0. The Kier molecular flexibility index (Phi) is 5.30. The average Bonchev–Trinajstić information content (AvgIpc) is 2.12. The SMILES string of the molecule is NCCS(=O)(=O)OC(C(=O)O)C(O)C(=O)O. The van der Waals surface area contributed by atoms with Gasteiger partial charge in [-0.1, -0.05) is 0 Å². The van der Waals surface area contributed by atoms with Crippen LogP contribution in [-0.2, 0) is 23.9 Å². The van der Waals surface area contributed by atoms with Crippen molar-refractivity contribution in [3.05, 3.63) is 0 Å². The van der Waals surface area contributed by atoms with Gasteiger partial charge in [-0.25, -0.2) is 9.59 Å². The molecular formula is C6H11NO8S. The summed E-state index contributed by atoms with van der Waals surface area (Å²) >= 11 is 0. The maximum Gasteiger partial charge on any atom is 0.337 e. The van der Waals surface area contributed by atoms with E-state index in [0.717, 1.165) is 0 Å². The van der Waals surface area contributed by atoms with E-state index in [1.807, 2.05) is 0 Å². The molecule has 0 aliphatic heterocycles. The zero-order valence-corrected chi connectivity index (χ0v) is 8.75. The summed E-state index contributed by atoms with van der Waals surface area (Å²) in [6.07, 6.45) is -4.88. The lowest BCUT2D eigenvalue weighted by Gasteiger charge is -2.15. The van der Waals surface area contributed by atoms with E-state index in [0.29, 0.717) is 0 Å². The fourth-order valence-electron chi connectivity index (χ4n) is 0.709. The molecule has 5 N–H and O–H groups in total. The van der Waals surface area contributed by atoms with Crippen LogP contribution in [0.2, 0.25) is 0 Å². The number of carboxylic acid groups (broad SMARTS) is 2. The second-order valence-corrected chi connectivity index (χ2v) is 4.40. The molecule has 0 rings (SSSR count). The first-order chi connectivity index (χ1) is 7.21. The molecule has 0 amide bonds. The van der Waals surface area contributed by atoms with Crippen LogP contribution in [0, 0.1) is 0 Å². The van der Waals surface area contributed by atoms with Gasteiger partial charge in [-0.05, 0) is 0 Å². The maximum atomic E-state index is 11.0. The normalized spacial score (nSPS) is 15.4.